The van der Waals surface area contributed by atoms with Crippen molar-refractivity contribution < 1.29 is 24.5 Å². The van der Waals surface area contributed by atoms with Crippen molar-refractivity contribution in [3.05, 3.63) is 48.6 Å². The monoisotopic (exact) mass is 996 g/mol. The molecule has 0 aromatic heterocycles. The van der Waals surface area contributed by atoms with E-state index >= 15 is 0 Å². The lowest BCUT2D eigenvalue weighted by atomic mass is 10.0. The molecule has 0 rings (SSSR count). The van der Waals surface area contributed by atoms with Crippen molar-refractivity contribution >= 4 is 11.9 Å². The fraction of sp³-hybridized carbons (Fsp3) is 0.846. The Kier molecular flexibility index (Phi) is 58.5. The van der Waals surface area contributed by atoms with E-state index in [0.29, 0.717) is 25.9 Å². The highest BCUT2D eigenvalue weighted by atomic mass is 16.5. The predicted molar refractivity (Wildman–Crippen MR) is 310 cm³/mol. The summed E-state index contributed by atoms with van der Waals surface area (Å²) >= 11 is 0. The molecular weight excluding hydrogens is 875 g/mol. The Balaban J connectivity index is 3.45. The van der Waals surface area contributed by atoms with Crippen molar-refractivity contribution in [3.8, 4) is 0 Å². The molecule has 0 radical (unpaired) electrons. The van der Waals surface area contributed by atoms with Gasteiger partial charge in [-0.05, 0) is 77.0 Å². The van der Waals surface area contributed by atoms with Crippen LogP contribution in [0.1, 0.15) is 328 Å². The van der Waals surface area contributed by atoms with Gasteiger partial charge < -0.3 is 20.3 Å². The van der Waals surface area contributed by atoms with E-state index in [1.165, 1.54) is 238 Å². The van der Waals surface area contributed by atoms with Crippen molar-refractivity contribution in [2.24, 2.45) is 0 Å². The largest absolute Gasteiger partial charge is 0.465 e. The number of aliphatic hydroxyl groups is 2. The zero-order chi connectivity index (χ0) is 51.4. The Labute approximate surface area is 442 Å². The number of esters is 1. The van der Waals surface area contributed by atoms with Crippen LogP contribution in [0.3, 0.4) is 0 Å². The third kappa shape index (κ3) is 57.0. The SMILES string of the molecule is CCCCCC/C=C\C/C=C\CCCCCCCCCC(=O)OCC/C=C\C/C=C\CCCCCCCCCCCCCCCCC(=O)NC(CO)C(O)CCCCCCCCCCCCCCCCC. The maximum Gasteiger partial charge on any atom is 0.305 e. The summed E-state index contributed by atoms with van der Waals surface area (Å²) in [5, 5.41) is 23.3. The van der Waals surface area contributed by atoms with Crippen LogP contribution >= 0.6 is 0 Å². The summed E-state index contributed by atoms with van der Waals surface area (Å²) < 4.78 is 5.43. The van der Waals surface area contributed by atoms with Gasteiger partial charge in [0.15, 0.2) is 0 Å². The van der Waals surface area contributed by atoms with Gasteiger partial charge in [0.05, 0.1) is 25.4 Å². The minimum atomic E-state index is -0.668. The number of aliphatic hydroxyl groups excluding tert-OH is 2. The van der Waals surface area contributed by atoms with Crippen molar-refractivity contribution in [2.75, 3.05) is 13.2 Å². The van der Waals surface area contributed by atoms with E-state index in [9.17, 15) is 19.8 Å². The molecule has 0 aromatic carbocycles. The maximum absolute atomic E-state index is 12.5. The molecule has 6 heteroatoms. The van der Waals surface area contributed by atoms with Crippen LogP contribution in [0.2, 0.25) is 0 Å². The molecule has 0 bridgehead atoms. The molecule has 0 spiro atoms. The highest BCUT2D eigenvalue weighted by Gasteiger charge is 2.20. The zero-order valence-electron chi connectivity index (χ0n) is 47.5. The molecule has 0 aliphatic heterocycles. The fourth-order valence-corrected chi connectivity index (χ4v) is 9.57. The van der Waals surface area contributed by atoms with E-state index in [2.05, 4.69) is 67.8 Å². The summed E-state index contributed by atoms with van der Waals surface area (Å²) in [6, 6.07) is -0.546. The van der Waals surface area contributed by atoms with Crippen LogP contribution < -0.4 is 5.32 Å². The second-order valence-corrected chi connectivity index (χ2v) is 21.4. The number of hydrogen-bond donors (Lipinski definition) is 3. The third-order valence-corrected chi connectivity index (χ3v) is 14.4. The number of unbranched alkanes of at least 4 members (excludes halogenated alkanes) is 39. The fourth-order valence-electron chi connectivity index (χ4n) is 9.57. The van der Waals surface area contributed by atoms with Gasteiger partial charge in [0.25, 0.3) is 0 Å². The van der Waals surface area contributed by atoms with Gasteiger partial charge >= 0.3 is 5.97 Å². The first-order valence-corrected chi connectivity index (χ1v) is 31.4. The lowest BCUT2D eigenvalue weighted by Crippen LogP contribution is -2.45. The minimum Gasteiger partial charge on any atom is -0.465 e. The standard InChI is InChI=1S/C65H121NO5/c1-3-5-7-9-11-13-15-17-19-20-27-31-35-39-43-47-51-55-59-65(70)71-60-56-52-48-44-40-36-32-28-25-23-21-22-24-26-30-34-38-42-46-50-54-58-64(69)66-62(61-67)63(68)57-53-49-45-41-37-33-29-18-16-14-12-10-8-6-4-2/h13,15,19-20,36,40,48,52,62-63,67-68H,3-12,14,16-18,21-35,37-39,41-47,49-51,53-61H2,1-2H3,(H,66,69)/b15-13-,20-19-,40-36-,52-48-. The van der Waals surface area contributed by atoms with E-state index in [1.54, 1.807) is 0 Å². The van der Waals surface area contributed by atoms with Crippen molar-refractivity contribution in [1.82, 2.24) is 5.32 Å². The van der Waals surface area contributed by atoms with Gasteiger partial charge in [-0.3, -0.25) is 9.59 Å². The minimum absolute atomic E-state index is 0.0390. The van der Waals surface area contributed by atoms with Gasteiger partial charge in [-0.15, -0.1) is 0 Å². The number of carbonyl (C=O) groups is 2. The summed E-state index contributed by atoms with van der Waals surface area (Å²) in [4.78, 5) is 24.5. The van der Waals surface area contributed by atoms with Crippen LogP contribution in [0.25, 0.3) is 0 Å². The average molecular weight is 997 g/mol. The summed E-state index contributed by atoms with van der Waals surface area (Å²) in [5.41, 5.74) is 0. The second kappa shape index (κ2) is 60.4. The molecule has 6 nitrogen and oxygen atoms in total. The molecule has 0 fully saturated rings. The molecule has 3 N–H and O–H groups in total. The topological polar surface area (TPSA) is 95.9 Å². The van der Waals surface area contributed by atoms with Crippen LogP contribution in [-0.2, 0) is 14.3 Å². The highest BCUT2D eigenvalue weighted by molar-refractivity contribution is 5.76. The Hall–Kier alpha value is -2.18. The van der Waals surface area contributed by atoms with Crippen LogP contribution in [0.15, 0.2) is 48.6 Å². The number of allylic oxidation sites excluding steroid dienone is 7. The van der Waals surface area contributed by atoms with Crippen LogP contribution in [0, 0.1) is 0 Å². The molecule has 0 aliphatic rings. The summed E-state index contributed by atoms with van der Waals surface area (Å²) in [7, 11) is 0. The Morgan fingerprint density at radius 2 is 0.704 bits per heavy atom. The normalized spacial score (nSPS) is 12.9. The first-order chi connectivity index (χ1) is 35.0. The molecule has 0 aromatic rings. The van der Waals surface area contributed by atoms with Gasteiger partial charge in [0.1, 0.15) is 0 Å². The van der Waals surface area contributed by atoms with Crippen molar-refractivity contribution in [1.29, 1.82) is 0 Å². The van der Waals surface area contributed by atoms with Crippen LogP contribution in [0.4, 0.5) is 0 Å². The molecule has 2 unspecified atom stereocenters. The summed E-state index contributed by atoms with van der Waals surface area (Å²) in [6.07, 6.45) is 77.0. The number of carbonyl (C=O) groups excluding carboxylic acids is 2. The first kappa shape index (κ1) is 68.8. The number of hydrogen-bond acceptors (Lipinski definition) is 5. The van der Waals surface area contributed by atoms with Crippen molar-refractivity contribution in [3.63, 3.8) is 0 Å². The smallest absolute Gasteiger partial charge is 0.305 e. The molecule has 416 valence electrons. The summed E-state index contributed by atoms with van der Waals surface area (Å²) in [5.74, 6) is -0.0816. The van der Waals surface area contributed by atoms with E-state index in [1.807, 2.05) is 0 Å². The highest BCUT2D eigenvalue weighted by Crippen LogP contribution is 2.17. The molecule has 1 amide bonds. The molecule has 71 heavy (non-hydrogen) atoms. The quantitative estimate of drug-likeness (QED) is 0.0321. The summed E-state index contributed by atoms with van der Waals surface area (Å²) in [6.45, 7) is 4.83. The van der Waals surface area contributed by atoms with E-state index < -0.39 is 12.1 Å². The molecule has 0 heterocycles. The zero-order valence-corrected chi connectivity index (χ0v) is 47.5. The second-order valence-electron chi connectivity index (χ2n) is 21.4. The van der Waals surface area contributed by atoms with E-state index in [0.717, 1.165) is 57.8 Å². The number of rotatable bonds is 58. The maximum atomic E-state index is 12.5. The number of nitrogens with one attached hydrogen (secondary N) is 1. The lowest BCUT2D eigenvalue weighted by molar-refractivity contribution is -0.143. The average Bonchev–Trinajstić information content (AvgIpc) is 3.37. The van der Waals surface area contributed by atoms with Gasteiger partial charge in [-0.1, -0.05) is 287 Å². The van der Waals surface area contributed by atoms with Crippen LogP contribution in [0.5, 0.6) is 0 Å². The first-order valence-electron chi connectivity index (χ1n) is 31.4. The Morgan fingerprint density at radius 3 is 1.08 bits per heavy atom. The molecule has 2 atom stereocenters. The van der Waals surface area contributed by atoms with Crippen molar-refractivity contribution in [2.45, 2.75) is 341 Å². The predicted octanol–water partition coefficient (Wildman–Crippen LogP) is 19.7. The van der Waals surface area contributed by atoms with E-state index in [4.69, 9.17) is 4.74 Å². The Morgan fingerprint density at radius 1 is 0.394 bits per heavy atom. The molecule has 0 saturated heterocycles. The third-order valence-electron chi connectivity index (χ3n) is 14.4. The number of amides is 1. The van der Waals surface area contributed by atoms with Crippen LogP contribution in [-0.4, -0.2) is 47.4 Å². The molecule has 0 aliphatic carbocycles. The lowest BCUT2D eigenvalue weighted by Gasteiger charge is -2.22. The van der Waals surface area contributed by atoms with Gasteiger partial charge in [-0.25, -0.2) is 0 Å². The number of ether oxygens (including phenoxy) is 1. The van der Waals surface area contributed by atoms with Gasteiger partial charge in [-0.2, -0.15) is 0 Å². The molecule has 0 saturated carbocycles. The van der Waals surface area contributed by atoms with Gasteiger partial charge in [0.2, 0.25) is 5.91 Å². The van der Waals surface area contributed by atoms with E-state index in [-0.39, 0.29) is 18.5 Å². The van der Waals surface area contributed by atoms with Gasteiger partial charge in [0, 0.05) is 12.8 Å². The Bertz CT molecular complexity index is 1190. The molecular formula is C65H121NO5.